The first kappa shape index (κ1) is 19.8. The van der Waals surface area contributed by atoms with E-state index in [1.165, 1.54) is 16.5 Å². The Morgan fingerprint density at radius 3 is 2.55 bits per heavy atom. The van der Waals surface area contributed by atoms with E-state index in [-0.39, 0.29) is 5.56 Å². The number of hydrogen-bond acceptors (Lipinski definition) is 2. The predicted molar refractivity (Wildman–Crippen MR) is 136 cm³/mol. The fraction of sp³-hybridized carbons (Fsp3) is 0.0769. The summed E-state index contributed by atoms with van der Waals surface area (Å²) in [6, 6.07) is 24.6. The van der Waals surface area contributed by atoms with Crippen molar-refractivity contribution in [2.24, 2.45) is 7.05 Å². The van der Waals surface area contributed by atoms with Gasteiger partial charge in [-0.25, -0.2) is 4.98 Å². The summed E-state index contributed by atoms with van der Waals surface area (Å²) in [6.45, 7) is 0.806. The van der Waals surface area contributed by atoms with Gasteiger partial charge in [-0.1, -0.05) is 48.5 Å². The molecule has 0 N–H and O–H groups in total. The van der Waals surface area contributed by atoms with E-state index in [4.69, 9.17) is 4.98 Å². The summed E-state index contributed by atoms with van der Waals surface area (Å²) in [5.41, 5.74) is 4.22. The number of benzene rings is 3. The lowest BCUT2D eigenvalue weighted by Crippen LogP contribution is -2.20. The molecule has 5 heteroatoms. The number of aromatic nitrogens is 3. The van der Waals surface area contributed by atoms with Gasteiger partial charge in [0.1, 0.15) is 5.82 Å². The van der Waals surface area contributed by atoms with Crippen LogP contribution in [0.2, 0.25) is 0 Å². The van der Waals surface area contributed by atoms with E-state index in [1.54, 1.807) is 11.6 Å². The lowest BCUT2D eigenvalue weighted by molar-refractivity contribution is 0.828. The Bertz CT molecular complexity index is 1500. The lowest BCUT2D eigenvalue weighted by atomic mass is 10.1. The van der Waals surface area contributed by atoms with Crippen molar-refractivity contribution in [1.82, 2.24) is 14.1 Å². The highest BCUT2D eigenvalue weighted by atomic mass is 127. The van der Waals surface area contributed by atoms with E-state index in [0.717, 1.165) is 21.2 Å². The van der Waals surface area contributed by atoms with E-state index in [9.17, 15) is 4.79 Å². The van der Waals surface area contributed by atoms with Gasteiger partial charge in [-0.2, -0.15) is 0 Å². The molecule has 0 aliphatic carbocycles. The van der Waals surface area contributed by atoms with Gasteiger partial charge in [-0.05, 0) is 64.6 Å². The monoisotopic (exact) mass is 517 g/mol. The van der Waals surface area contributed by atoms with E-state index < -0.39 is 0 Å². The van der Waals surface area contributed by atoms with Crippen LogP contribution >= 0.6 is 22.6 Å². The van der Waals surface area contributed by atoms with Crippen molar-refractivity contribution in [3.63, 3.8) is 0 Å². The van der Waals surface area contributed by atoms with Crippen LogP contribution in [0.5, 0.6) is 0 Å². The van der Waals surface area contributed by atoms with Crippen molar-refractivity contribution < 1.29 is 0 Å². The van der Waals surface area contributed by atoms with Crippen LogP contribution in [0, 0.1) is 3.57 Å². The second kappa shape index (κ2) is 8.15. The summed E-state index contributed by atoms with van der Waals surface area (Å²) in [5.74, 6) is 0.638. The quantitative estimate of drug-likeness (QED) is 0.287. The molecule has 0 aliphatic heterocycles. The number of para-hydroxylation sites is 1. The van der Waals surface area contributed by atoms with Gasteiger partial charge >= 0.3 is 0 Å². The first-order valence-corrected chi connectivity index (χ1v) is 11.1. The zero-order chi connectivity index (χ0) is 21.4. The number of halogens is 1. The van der Waals surface area contributed by atoms with E-state index >= 15 is 0 Å². The Labute approximate surface area is 193 Å². The second-order valence-electron chi connectivity index (χ2n) is 7.54. The highest BCUT2D eigenvalue weighted by Gasteiger charge is 2.09. The first-order chi connectivity index (χ1) is 15.1. The molecule has 5 rings (SSSR count). The zero-order valence-electron chi connectivity index (χ0n) is 17.0. The van der Waals surface area contributed by atoms with Gasteiger partial charge in [0.05, 0.1) is 10.9 Å². The van der Waals surface area contributed by atoms with E-state index in [2.05, 4.69) is 81.9 Å². The van der Waals surface area contributed by atoms with Crippen molar-refractivity contribution in [1.29, 1.82) is 0 Å². The Kier molecular flexibility index (Phi) is 5.19. The van der Waals surface area contributed by atoms with Crippen LogP contribution in [0.25, 0.3) is 34.0 Å². The Balaban J connectivity index is 1.57. The molecule has 0 unspecified atom stereocenters. The van der Waals surface area contributed by atoms with Crippen LogP contribution in [0.3, 0.4) is 0 Å². The minimum atomic E-state index is -0.0327. The smallest absolute Gasteiger partial charge is 0.261 e. The van der Waals surface area contributed by atoms with Crippen molar-refractivity contribution in [3.05, 3.63) is 110 Å². The molecule has 0 saturated carbocycles. The molecule has 0 spiro atoms. The average molecular weight is 517 g/mol. The van der Waals surface area contributed by atoms with E-state index in [0.29, 0.717) is 11.2 Å². The highest BCUT2D eigenvalue weighted by molar-refractivity contribution is 14.1. The van der Waals surface area contributed by atoms with Crippen molar-refractivity contribution in [2.45, 2.75) is 6.54 Å². The largest absolute Gasteiger partial charge is 0.342 e. The minimum absolute atomic E-state index is 0.0327. The number of rotatable bonds is 4. The Morgan fingerprint density at radius 1 is 0.935 bits per heavy atom. The van der Waals surface area contributed by atoms with Crippen LogP contribution in [-0.4, -0.2) is 14.1 Å². The lowest BCUT2D eigenvalue weighted by Gasteiger charge is -2.06. The predicted octanol–water partition coefficient (Wildman–Crippen LogP) is 5.71. The molecule has 2 aromatic heterocycles. The minimum Gasteiger partial charge on any atom is -0.342 e. The molecule has 4 nitrogen and oxygen atoms in total. The molecular formula is C26H20IN3O. The molecule has 152 valence electrons. The maximum Gasteiger partial charge on any atom is 0.261 e. The summed E-state index contributed by atoms with van der Waals surface area (Å²) >= 11 is 2.22. The fourth-order valence-corrected chi connectivity index (χ4v) is 4.38. The van der Waals surface area contributed by atoms with Gasteiger partial charge in [0.25, 0.3) is 5.56 Å². The van der Waals surface area contributed by atoms with Gasteiger partial charge in [-0.15, -0.1) is 0 Å². The molecule has 0 atom stereocenters. The first-order valence-electron chi connectivity index (χ1n) is 10.1. The molecule has 31 heavy (non-hydrogen) atoms. The summed E-state index contributed by atoms with van der Waals surface area (Å²) in [5, 5.41) is 1.82. The number of hydrogen-bond donors (Lipinski definition) is 0. The second-order valence-corrected chi connectivity index (χ2v) is 8.79. The SMILES string of the molecule is Cn1c(/C=C/c2cn(Cc3ccccc3)c3ccccc23)nc2ccc(I)cc2c1=O. The fourth-order valence-electron chi connectivity index (χ4n) is 3.89. The summed E-state index contributed by atoms with van der Waals surface area (Å²) in [4.78, 5) is 17.5. The van der Waals surface area contributed by atoms with Gasteiger partial charge in [0, 0.05) is 39.8 Å². The van der Waals surface area contributed by atoms with E-state index in [1.807, 2.05) is 36.4 Å². The van der Waals surface area contributed by atoms with Gasteiger partial charge in [-0.3, -0.25) is 9.36 Å². The third-order valence-electron chi connectivity index (χ3n) is 5.50. The molecule has 5 aromatic rings. The third kappa shape index (κ3) is 3.81. The summed E-state index contributed by atoms with van der Waals surface area (Å²) < 4.78 is 4.90. The maximum atomic E-state index is 12.8. The van der Waals surface area contributed by atoms with Crippen molar-refractivity contribution in [3.8, 4) is 0 Å². The topological polar surface area (TPSA) is 39.8 Å². The summed E-state index contributed by atoms with van der Waals surface area (Å²) in [6.07, 6.45) is 6.13. The zero-order valence-corrected chi connectivity index (χ0v) is 19.2. The van der Waals surface area contributed by atoms with Gasteiger partial charge in [0.15, 0.2) is 0 Å². The van der Waals surface area contributed by atoms with Crippen LogP contribution in [-0.2, 0) is 13.6 Å². The van der Waals surface area contributed by atoms with Crippen LogP contribution in [0.4, 0.5) is 0 Å². The molecule has 0 aliphatic rings. The molecule has 3 aromatic carbocycles. The molecule has 0 fully saturated rings. The van der Waals surface area contributed by atoms with Gasteiger partial charge in [0.2, 0.25) is 0 Å². The number of nitrogens with zero attached hydrogens (tertiary/aromatic N) is 3. The van der Waals surface area contributed by atoms with Crippen molar-refractivity contribution in [2.75, 3.05) is 0 Å². The standard InChI is InChI=1S/C26H20IN3O/c1-29-25(28-23-13-12-20(27)15-22(23)26(29)31)14-11-19-17-30(16-18-7-3-2-4-8-18)24-10-6-5-9-21(19)24/h2-15,17H,16H2,1H3/b14-11+. The summed E-state index contributed by atoms with van der Waals surface area (Å²) in [7, 11) is 1.77. The molecule has 2 heterocycles. The molecule has 0 amide bonds. The Hall–Kier alpha value is -3.19. The van der Waals surface area contributed by atoms with Gasteiger partial charge < -0.3 is 4.57 Å². The van der Waals surface area contributed by atoms with Crippen LogP contribution in [0.15, 0.2) is 83.8 Å². The third-order valence-corrected chi connectivity index (χ3v) is 6.17. The molecule has 0 radical (unpaired) electrons. The molecule has 0 bridgehead atoms. The maximum absolute atomic E-state index is 12.8. The van der Waals surface area contributed by atoms with Crippen LogP contribution < -0.4 is 5.56 Å². The molecular weight excluding hydrogens is 497 g/mol. The Morgan fingerprint density at radius 2 is 1.71 bits per heavy atom. The van der Waals surface area contributed by atoms with Crippen LogP contribution in [0.1, 0.15) is 17.0 Å². The average Bonchev–Trinajstić information content (AvgIpc) is 3.14. The number of fused-ring (bicyclic) bond motifs is 2. The van der Waals surface area contributed by atoms with Crippen molar-refractivity contribution >= 4 is 56.5 Å². The normalized spacial score (nSPS) is 11.7. The molecule has 0 saturated heterocycles. The highest BCUT2D eigenvalue weighted by Crippen LogP contribution is 2.24.